The van der Waals surface area contributed by atoms with E-state index in [0.717, 1.165) is 30.2 Å². The predicted octanol–water partition coefficient (Wildman–Crippen LogP) is 5.08. The molecule has 0 spiro atoms. The minimum Gasteiger partial charge on any atom is -0.358 e. The van der Waals surface area contributed by atoms with Crippen molar-refractivity contribution in [1.82, 2.24) is 4.98 Å². The number of carbonyl (C=O) groups is 2. The van der Waals surface area contributed by atoms with Gasteiger partial charge in [0.25, 0.3) is 5.91 Å². The standard InChI is InChI=1S/C23H22ClN3O2/c24-18-13-15(8-10-21(18)27-11-3-6-22(27)28)25-23(29)14-7-9-20-17(12-14)16-4-1-2-5-19(16)26-20/h7-10,12-13,26H,1-6,11H2,(H,25,29). The van der Waals surface area contributed by atoms with Gasteiger partial charge < -0.3 is 15.2 Å². The summed E-state index contributed by atoms with van der Waals surface area (Å²) in [5.41, 5.74) is 5.70. The zero-order valence-electron chi connectivity index (χ0n) is 16.1. The first-order chi connectivity index (χ1) is 14.1. The lowest BCUT2D eigenvalue weighted by Crippen LogP contribution is -2.24. The van der Waals surface area contributed by atoms with Gasteiger partial charge in [0, 0.05) is 40.8 Å². The Balaban J connectivity index is 1.38. The SMILES string of the molecule is O=C(Nc1ccc(N2CCCC2=O)c(Cl)c1)c1ccc2[nH]c3c(c2c1)CCCC3. The molecular formula is C23H22ClN3O2. The molecule has 5 rings (SSSR count). The summed E-state index contributed by atoms with van der Waals surface area (Å²) in [6, 6.07) is 11.1. The summed E-state index contributed by atoms with van der Waals surface area (Å²) in [6.45, 7) is 0.686. The smallest absolute Gasteiger partial charge is 0.255 e. The van der Waals surface area contributed by atoms with Crippen molar-refractivity contribution in [3.8, 4) is 0 Å². The molecular weight excluding hydrogens is 386 g/mol. The first-order valence-electron chi connectivity index (χ1n) is 10.1. The van der Waals surface area contributed by atoms with Crippen molar-refractivity contribution in [2.75, 3.05) is 16.8 Å². The van der Waals surface area contributed by atoms with Crippen LogP contribution in [0.15, 0.2) is 36.4 Å². The van der Waals surface area contributed by atoms with E-state index in [1.807, 2.05) is 18.2 Å². The quantitative estimate of drug-likeness (QED) is 0.635. The topological polar surface area (TPSA) is 65.2 Å². The molecule has 0 bridgehead atoms. The molecule has 1 saturated heterocycles. The lowest BCUT2D eigenvalue weighted by atomic mass is 9.95. The van der Waals surface area contributed by atoms with Gasteiger partial charge in [-0.3, -0.25) is 9.59 Å². The second-order valence-electron chi connectivity index (χ2n) is 7.82. The van der Waals surface area contributed by atoms with Crippen LogP contribution in [0.3, 0.4) is 0 Å². The number of H-pyrrole nitrogens is 1. The van der Waals surface area contributed by atoms with Gasteiger partial charge in [-0.15, -0.1) is 0 Å². The van der Waals surface area contributed by atoms with E-state index in [1.54, 1.807) is 23.1 Å². The second-order valence-corrected chi connectivity index (χ2v) is 8.23. The number of carbonyl (C=O) groups excluding carboxylic acids is 2. The molecule has 5 nitrogen and oxygen atoms in total. The lowest BCUT2D eigenvalue weighted by Gasteiger charge is -2.18. The van der Waals surface area contributed by atoms with Crippen LogP contribution in [0.1, 0.15) is 47.3 Å². The first-order valence-corrected chi connectivity index (χ1v) is 10.5. The molecule has 0 saturated carbocycles. The Morgan fingerprint density at radius 2 is 1.90 bits per heavy atom. The Hall–Kier alpha value is -2.79. The summed E-state index contributed by atoms with van der Waals surface area (Å²) < 4.78 is 0. The Morgan fingerprint density at radius 3 is 2.69 bits per heavy atom. The van der Waals surface area contributed by atoms with Gasteiger partial charge in [0.15, 0.2) is 0 Å². The average Bonchev–Trinajstić information content (AvgIpc) is 3.31. The maximum Gasteiger partial charge on any atom is 0.255 e. The zero-order chi connectivity index (χ0) is 20.0. The number of halogens is 1. The first kappa shape index (κ1) is 18.3. The van der Waals surface area contributed by atoms with Crippen LogP contribution in [0.4, 0.5) is 11.4 Å². The van der Waals surface area contributed by atoms with Crippen LogP contribution < -0.4 is 10.2 Å². The van der Waals surface area contributed by atoms with Crippen molar-refractivity contribution in [2.45, 2.75) is 38.5 Å². The average molecular weight is 408 g/mol. The molecule has 1 aliphatic heterocycles. The van der Waals surface area contributed by atoms with Gasteiger partial charge in [0.2, 0.25) is 5.91 Å². The molecule has 2 N–H and O–H groups in total. The third-order valence-corrected chi connectivity index (χ3v) is 6.23. The van der Waals surface area contributed by atoms with Gasteiger partial charge in [0.1, 0.15) is 0 Å². The number of hydrogen-bond acceptors (Lipinski definition) is 2. The number of nitrogens with one attached hydrogen (secondary N) is 2. The molecule has 0 unspecified atom stereocenters. The molecule has 1 aliphatic carbocycles. The number of hydrogen-bond donors (Lipinski definition) is 2. The highest BCUT2D eigenvalue weighted by molar-refractivity contribution is 6.34. The number of aromatic nitrogens is 1. The van der Waals surface area contributed by atoms with E-state index < -0.39 is 0 Å². The third-order valence-electron chi connectivity index (χ3n) is 5.93. The Morgan fingerprint density at radius 1 is 1.03 bits per heavy atom. The molecule has 29 heavy (non-hydrogen) atoms. The Kier molecular flexibility index (Phi) is 4.55. The van der Waals surface area contributed by atoms with Crippen LogP contribution in [-0.4, -0.2) is 23.3 Å². The largest absolute Gasteiger partial charge is 0.358 e. The van der Waals surface area contributed by atoms with E-state index in [4.69, 9.17) is 11.6 Å². The molecule has 2 aliphatic rings. The maximum atomic E-state index is 12.8. The van der Waals surface area contributed by atoms with Crippen molar-refractivity contribution in [1.29, 1.82) is 0 Å². The zero-order valence-corrected chi connectivity index (χ0v) is 16.8. The fraction of sp³-hybridized carbons (Fsp3) is 0.304. The summed E-state index contributed by atoms with van der Waals surface area (Å²) in [7, 11) is 0. The van der Waals surface area contributed by atoms with Crippen molar-refractivity contribution in [3.05, 3.63) is 58.2 Å². The fourth-order valence-electron chi connectivity index (χ4n) is 4.46. The summed E-state index contributed by atoms with van der Waals surface area (Å²) in [5.74, 6) is -0.0782. The van der Waals surface area contributed by atoms with Gasteiger partial charge >= 0.3 is 0 Å². The van der Waals surface area contributed by atoms with Gasteiger partial charge in [-0.2, -0.15) is 0 Å². The number of aryl methyl sites for hydroxylation is 2. The van der Waals surface area contributed by atoms with E-state index in [0.29, 0.717) is 34.9 Å². The summed E-state index contributed by atoms with van der Waals surface area (Å²) in [6.07, 6.45) is 5.95. The highest BCUT2D eigenvalue weighted by Gasteiger charge is 2.24. The second kappa shape index (κ2) is 7.23. The van der Waals surface area contributed by atoms with Crippen molar-refractivity contribution in [2.24, 2.45) is 0 Å². The van der Waals surface area contributed by atoms with Crippen LogP contribution in [0.2, 0.25) is 5.02 Å². The monoisotopic (exact) mass is 407 g/mol. The molecule has 0 radical (unpaired) electrons. The van der Waals surface area contributed by atoms with Crippen LogP contribution in [0.25, 0.3) is 10.9 Å². The Labute approximate surface area is 174 Å². The Bertz CT molecular complexity index is 1130. The molecule has 1 fully saturated rings. The highest BCUT2D eigenvalue weighted by atomic mass is 35.5. The van der Waals surface area contributed by atoms with Gasteiger partial charge in [0.05, 0.1) is 10.7 Å². The van der Waals surface area contributed by atoms with Crippen molar-refractivity contribution < 1.29 is 9.59 Å². The van der Waals surface area contributed by atoms with E-state index in [9.17, 15) is 9.59 Å². The van der Waals surface area contributed by atoms with Crippen LogP contribution in [0.5, 0.6) is 0 Å². The molecule has 2 aromatic carbocycles. The molecule has 6 heteroatoms. The van der Waals surface area contributed by atoms with Crippen LogP contribution >= 0.6 is 11.6 Å². The fourth-order valence-corrected chi connectivity index (χ4v) is 4.74. The number of anilines is 2. The maximum absolute atomic E-state index is 12.8. The summed E-state index contributed by atoms with van der Waals surface area (Å²) >= 11 is 6.40. The van der Waals surface area contributed by atoms with Crippen molar-refractivity contribution >= 4 is 45.7 Å². The molecule has 0 atom stereocenters. The summed E-state index contributed by atoms with van der Waals surface area (Å²) in [4.78, 5) is 30.0. The minimum atomic E-state index is -0.168. The number of nitrogens with zero attached hydrogens (tertiary/aromatic N) is 1. The van der Waals surface area contributed by atoms with Gasteiger partial charge in [-0.1, -0.05) is 11.6 Å². The molecule has 148 valence electrons. The molecule has 3 aromatic rings. The lowest BCUT2D eigenvalue weighted by molar-refractivity contribution is -0.117. The number of fused-ring (bicyclic) bond motifs is 3. The van der Waals surface area contributed by atoms with E-state index in [1.165, 1.54) is 24.1 Å². The van der Waals surface area contributed by atoms with Crippen LogP contribution in [0, 0.1) is 0 Å². The molecule has 2 amide bonds. The molecule has 2 heterocycles. The number of benzene rings is 2. The van der Waals surface area contributed by atoms with Gasteiger partial charge in [-0.05, 0) is 74.1 Å². The highest BCUT2D eigenvalue weighted by Crippen LogP contribution is 2.33. The molecule has 1 aromatic heterocycles. The third kappa shape index (κ3) is 3.29. The van der Waals surface area contributed by atoms with E-state index in [-0.39, 0.29) is 11.8 Å². The van der Waals surface area contributed by atoms with Crippen LogP contribution in [-0.2, 0) is 17.6 Å². The number of aromatic amines is 1. The van der Waals surface area contributed by atoms with Gasteiger partial charge in [-0.25, -0.2) is 0 Å². The van der Waals surface area contributed by atoms with Crippen molar-refractivity contribution in [3.63, 3.8) is 0 Å². The van der Waals surface area contributed by atoms with E-state index in [2.05, 4.69) is 10.3 Å². The van der Waals surface area contributed by atoms with E-state index >= 15 is 0 Å². The normalized spacial score (nSPS) is 16.3. The number of rotatable bonds is 3. The predicted molar refractivity (Wildman–Crippen MR) is 116 cm³/mol. The number of amides is 2. The minimum absolute atomic E-state index is 0.0897. The summed E-state index contributed by atoms with van der Waals surface area (Å²) in [5, 5.41) is 4.54.